The standard InChI is InChI=1S/C30H27N5O6/c1-38-19-11-9-18(10-12-19)35-16-17(32-33-35)15-34-25-24(26(36)20-7-5-6-8-21(20)27(25)37)31-30(34)22-13-14-23(39-2)29(41-4)28(22)40-3/h5-14,16,20-21H,15H2,1-4H3. The van der Waals surface area contributed by atoms with Crippen LogP contribution in [0.25, 0.3) is 17.1 Å². The van der Waals surface area contributed by atoms with E-state index >= 15 is 0 Å². The van der Waals surface area contributed by atoms with Gasteiger partial charge in [-0.05, 0) is 36.4 Å². The van der Waals surface area contributed by atoms with Crippen molar-refractivity contribution in [1.82, 2.24) is 24.5 Å². The Bertz CT molecular complexity index is 1720. The van der Waals surface area contributed by atoms with E-state index in [-0.39, 0.29) is 29.5 Å². The normalized spacial score (nSPS) is 17.3. The lowest BCUT2D eigenvalue weighted by molar-refractivity contribution is 0.0792. The summed E-state index contributed by atoms with van der Waals surface area (Å²) in [6.07, 6.45) is 8.86. The number of rotatable bonds is 8. The molecule has 2 aliphatic carbocycles. The van der Waals surface area contributed by atoms with Gasteiger partial charge in [0.05, 0.1) is 64.3 Å². The van der Waals surface area contributed by atoms with Gasteiger partial charge in [-0.15, -0.1) is 5.10 Å². The van der Waals surface area contributed by atoms with Gasteiger partial charge in [0.1, 0.15) is 28.7 Å². The van der Waals surface area contributed by atoms with Crippen LogP contribution in [0.2, 0.25) is 0 Å². The minimum atomic E-state index is -0.606. The van der Waals surface area contributed by atoms with E-state index in [1.54, 1.807) is 59.0 Å². The topological polar surface area (TPSA) is 120 Å². The molecule has 2 atom stereocenters. The van der Waals surface area contributed by atoms with Crippen molar-refractivity contribution in [1.29, 1.82) is 0 Å². The van der Waals surface area contributed by atoms with Gasteiger partial charge < -0.3 is 23.5 Å². The first-order chi connectivity index (χ1) is 20.0. The Hall–Kier alpha value is -5.19. The zero-order valence-electron chi connectivity index (χ0n) is 22.9. The first-order valence-electron chi connectivity index (χ1n) is 12.9. The molecule has 41 heavy (non-hydrogen) atoms. The van der Waals surface area contributed by atoms with Crippen LogP contribution in [0.3, 0.4) is 0 Å². The third-order valence-electron chi connectivity index (χ3n) is 7.32. The fourth-order valence-electron chi connectivity index (χ4n) is 5.33. The van der Waals surface area contributed by atoms with Gasteiger partial charge in [0, 0.05) is 0 Å². The monoisotopic (exact) mass is 553 g/mol. The zero-order valence-corrected chi connectivity index (χ0v) is 22.9. The third kappa shape index (κ3) is 4.26. The van der Waals surface area contributed by atoms with Crippen molar-refractivity contribution >= 4 is 11.6 Å². The van der Waals surface area contributed by atoms with Crippen molar-refractivity contribution in [3.63, 3.8) is 0 Å². The molecule has 11 heteroatoms. The summed E-state index contributed by atoms with van der Waals surface area (Å²) in [7, 11) is 6.15. The molecule has 2 aromatic heterocycles. The van der Waals surface area contributed by atoms with Crippen LogP contribution in [-0.4, -0.2) is 64.6 Å². The number of ketones is 2. The minimum Gasteiger partial charge on any atom is -0.497 e. The molecule has 0 spiro atoms. The predicted octanol–water partition coefficient (Wildman–Crippen LogP) is 3.95. The molecule has 0 saturated heterocycles. The number of ether oxygens (including phenoxy) is 4. The average Bonchev–Trinajstić information content (AvgIpc) is 3.64. The summed E-state index contributed by atoms with van der Waals surface area (Å²) < 4.78 is 25.4. The second-order valence-corrected chi connectivity index (χ2v) is 9.50. The quantitative estimate of drug-likeness (QED) is 0.319. The van der Waals surface area contributed by atoms with E-state index in [1.807, 2.05) is 24.3 Å². The molecular weight excluding hydrogens is 526 g/mol. The highest BCUT2D eigenvalue weighted by atomic mass is 16.5. The Labute approximate surface area is 235 Å². The second kappa shape index (κ2) is 10.4. The molecule has 0 saturated carbocycles. The molecule has 2 aromatic carbocycles. The lowest BCUT2D eigenvalue weighted by atomic mass is 9.76. The highest BCUT2D eigenvalue weighted by Crippen LogP contribution is 2.45. The molecule has 0 aliphatic heterocycles. The lowest BCUT2D eigenvalue weighted by Crippen LogP contribution is -2.36. The molecule has 0 amide bonds. The maximum atomic E-state index is 13.9. The van der Waals surface area contributed by atoms with E-state index in [0.717, 1.165) is 11.4 Å². The molecule has 0 fully saturated rings. The van der Waals surface area contributed by atoms with E-state index in [4.69, 9.17) is 23.9 Å². The number of benzene rings is 2. The molecule has 2 heterocycles. The zero-order chi connectivity index (χ0) is 28.7. The van der Waals surface area contributed by atoms with Crippen LogP contribution in [-0.2, 0) is 6.54 Å². The van der Waals surface area contributed by atoms with Crippen LogP contribution in [0.1, 0.15) is 26.7 Å². The molecule has 0 radical (unpaired) electrons. The van der Waals surface area contributed by atoms with Crippen molar-refractivity contribution in [2.75, 3.05) is 28.4 Å². The van der Waals surface area contributed by atoms with Gasteiger partial charge in [-0.3, -0.25) is 9.59 Å². The number of aromatic nitrogens is 5. The SMILES string of the molecule is COc1ccc(-n2cc(Cn3c(-c4ccc(OC)c(OC)c4OC)nc4c3C(=O)C3C=CC=CC3C4=O)nn2)cc1. The van der Waals surface area contributed by atoms with Gasteiger partial charge in [0.25, 0.3) is 0 Å². The lowest BCUT2D eigenvalue weighted by Gasteiger charge is -2.26. The van der Waals surface area contributed by atoms with Crippen molar-refractivity contribution in [3.8, 4) is 40.1 Å². The Morgan fingerprint density at radius 3 is 2.17 bits per heavy atom. The largest absolute Gasteiger partial charge is 0.497 e. The minimum absolute atomic E-state index is 0.116. The fourth-order valence-corrected chi connectivity index (χ4v) is 5.33. The molecule has 208 valence electrons. The maximum Gasteiger partial charge on any atom is 0.204 e. The number of imidazole rings is 1. The molecule has 6 rings (SSSR count). The van der Waals surface area contributed by atoms with Crippen molar-refractivity contribution < 1.29 is 28.5 Å². The molecule has 4 aromatic rings. The second-order valence-electron chi connectivity index (χ2n) is 9.50. The highest BCUT2D eigenvalue weighted by Gasteiger charge is 2.44. The number of fused-ring (bicyclic) bond motifs is 2. The Kier molecular flexibility index (Phi) is 6.62. The maximum absolute atomic E-state index is 13.9. The van der Waals surface area contributed by atoms with Crippen LogP contribution >= 0.6 is 0 Å². The van der Waals surface area contributed by atoms with E-state index < -0.39 is 11.8 Å². The molecule has 0 N–H and O–H groups in total. The summed E-state index contributed by atoms with van der Waals surface area (Å²) in [4.78, 5) is 32.3. The Balaban J connectivity index is 1.51. The first kappa shape index (κ1) is 26.1. The van der Waals surface area contributed by atoms with Crippen LogP contribution in [0.5, 0.6) is 23.0 Å². The third-order valence-corrected chi connectivity index (χ3v) is 7.32. The number of hydrogen-bond acceptors (Lipinski definition) is 9. The van der Waals surface area contributed by atoms with Gasteiger partial charge in [-0.1, -0.05) is 29.5 Å². The van der Waals surface area contributed by atoms with E-state index in [0.29, 0.717) is 34.3 Å². The van der Waals surface area contributed by atoms with E-state index in [9.17, 15) is 9.59 Å². The van der Waals surface area contributed by atoms with Crippen LogP contribution in [0.4, 0.5) is 0 Å². The first-order valence-corrected chi connectivity index (χ1v) is 12.9. The number of carbonyl (C=O) groups is 2. The average molecular weight is 554 g/mol. The van der Waals surface area contributed by atoms with Crippen LogP contribution < -0.4 is 18.9 Å². The van der Waals surface area contributed by atoms with E-state index in [2.05, 4.69) is 10.3 Å². The summed E-state index contributed by atoms with van der Waals surface area (Å²) in [5, 5.41) is 8.64. The van der Waals surface area contributed by atoms with Gasteiger partial charge in [0.15, 0.2) is 23.1 Å². The molecular formula is C30H27N5O6. The number of Topliss-reactive ketones (excluding diaryl/α,β-unsaturated/α-hetero) is 2. The predicted molar refractivity (Wildman–Crippen MR) is 148 cm³/mol. The summed E-state index contributed by atoms with van der Waals surface area (Å²) >= 11 is 0. The Morgan fingerprint density at radius 1 is 0.805 bits per heavy atom. The highest BCUT2D eigenvalue weighted by molar-refractivity contribution is 6.16. The Morgan fingerprint density at radius 2 is 1.51 bits per heavy atom. The van der Waals surface area contributed by atoms with Crippen LogP contribution in [0.15, 0.2) is 66.9 Å². The molecule has 2 aliphatic rings. The summed E-state index contributed by atoms with van der Waals surface area (Å²) in [5.74, 6) is 0.660. The summed E-state index contributed by atoms with van der Waals surface area (Å²) in [5.41, 5.74) is 2.21. The van der Waals surface area contributed by atoms with Gasteiger partial charge in [-0.2, -0.15) is 0 Å². The van der Waals surface area contributed by atoms with E-state index in [1.165, 1.54) is 21.3 Å². The van der Waals surface area contributed by atoms with Gasteiger partial charge in [-0.25, -0.2) is 9.67 Å². The van der Waals surface area contributed by atoms with Crippen LogP contribution in [0, 0.1) is 11.8 Å². The van der Waals surface area contributed by atoms with Crippen molar-refractivity contribution in [3.05, 3.63) is 84.0 Å². The van der Waals surface area contributed by atoms with Crippen molar-refractivity contribution in [2.24, 2.45) is 11.8 Å². The number of hydrogen-bond donors (Lipinski definition) is 0. The van der Waals surface area contributed by atoms with Gasteiger partial charge in [0.2, 0.25) is 5.75 Å². The number of methoxy groups -OCH3 is 4. The molecule has 11 nitrogen and oxygen atoms in total. The summed E-state index contributed by atoms with van der Waals surface area (Å²) in [6.45, 7) is 0.126. The fraction of sp³-hybridized carbons (Fsp3) is 0.233. The smallest absolute Gasteiger partial charge is 0.204 e. The number of carbonyl (C=O) groups excluding carboxylic acids is 2. The molecule has 0 bridgehead atoms. The molecule has 2 unspecified atom stereocenters. The number of nitrogens with zero attached hydrogens (tertiary/aromatic N) is 5. The number of allylic oxidation sites excluding steroid dienone is 4. The summed E-state index contributed by atoms with van der Waals surface area (Å²) in [6, 6.07) is 10.9. The van der Waals surface area contributed by atoms with Crippen molar-refractivity contribution in [2.45, 2.75) is 6.54 Å². The van der Waals surface area contributed by atoms with Gasteiger partial charge >= 0.3 is 0 Å².